The maximum Gasteiger partial charge on any atom is 0.191 e. The number of hydrogen-bond acceptors (Lipinski definition) is 4. The molecule has 0 aliphatic rings. The van der Waals surface area contributed by atoms with Crippen molar-refractivity contribution in [3.05, 3.63) is 51.7 Å². The maximum absolute atomic E-state index is 10.6. The highest BCUT2D eigenvalue weighted by atomic mass is 32.1. The second-order valence-electron chi connectivity index (χ2n) is 6.16. The lowest BCUT2D eigenvalue weighted by molar-refractivity contribution is 0.0655. The molecule has 3 N–H and O–H groups in total. The molecule has 1 heterocycles. The summed E-state index contributed by atoms with van der Waals surface area (Å²) in [7, 11) is 1.67. The monoisotopic (exact) mass is 361 g/mol. The van der Waals surface area contributed by atoms with Crippen molar-refractivity contribution in [2.24, 2.45) is 4.99 Å². The van der Waals surface area contributed by atoms with Crippen LogP contribution in [0, 0.1) is 6.92 Å². The Morgan fingerprint density at radius 1 is 1.32 bits per heavy atom. The van der Waals surface area contributed by atoms with E-state index in [1.165, 1.54) is 0 Å². The number of hydrogen-bond donors (Lipinski definition) is 3. The van der Waals surface area contributed by atoms with E-state index in [0.29, 0.717) is 19.0 Å². The van der Waals surface area contributed by atoms with Crippen molar-refractivity contribution in [3.8, 4) is 5.75 Å². The van der Waals surface area contributed by atoms with E-state index in [-0.39, 0.29) is 0 Å². The third-order valence-corrected chi connectivity index (χ3v) is 4.89. The molecular formula is C19H27N3O2S. The average molecular weight is 362 g/mol. The minimum Gasteiger partial charge on any atom is -0.497 e. The predicted molar refractivity (Wildman–Crippen MR) is 104 cm³/mol. The standard InChI is InChI=1S/C19H27N3O2S/c1-5-20-18(22-13-19(3,23)17-7-6-8-25-17)21-12-15-9-14(2)10-16(11-15)24-4/h6-11,23H,5,12-13H2,1-4H3,(H2,20,21,22). The SMILES string of the molecule is CCNC(=NCc1cc(C)cc(OC)c1)NCC(C)(O)c1cccs1. The third-order valence-electron chi connectivity index (χ3n) is 3.76. The highest BCUT2D eigenvalue weighted by Gasteiger charge is 2.24. The van der Waals surface area contributed by atoms with Crippen LogP contribution < -0.4 is 15.4 Å². The van der Waals surface area contributed by atoms with Gasteiger partial charge in [-0.05, 0) is 55.5 Å². The van der Waals surface area contributed by atoms with Gasteiger partial charge < -0.3 is 20.5 Å². The molecule has 0 bridgehead atoms. The summed E-state index contributed by atoms with van der Waals surface area (Å²) >= 11 is 1.55. The van der Waals surface area contributed by atoms with E-state index < -0.39 is 5.60 Å². The van der Waals surface area contributed by atoms with Crippen LogP contribution in [0.3, 0.4) is 0 Å². The van der Waals surface area contributed by atoms with Crippen LogP contribution in [0.25, 0.3) is 0 Å². The second kappa shape index (κ2) is 8.87. The van der Waals surface area contributed by atoms with Gasteiger partial charge in [0.15, 0.2) is 5.96 Å². The lowest BCUT2D eigenvalue weighted by atomic mass is 10.1. The van der Waals surface area contributed by atoms with Gasteiger partial charge in [-0.2, -0.15) is 0 Å². The number of methoxy groups -OCH3 is 1. The Hall–Kier alpha value is -2.05. The fourth-order valence-electron chi connectivity index (χ4n) is 2.47. The van der Waals surface area contributed by atoms with Crippen LogP contribution in [0.4, 0.5) is 0 Å². The molecule has 2 aromatic rings. The van der Waals surface area contributed by atoms with Crippen molar-refractivity contribution >= 4 is 17.3 Å². The van der Waals surface area contributed by atoms with Gasteiger partial charge in [0.2, 0.25) is 0 Å². The van der Waals surface area contributed by atoms with E-state index in [9.17, 15) is 5.11 Å². The van der Waals surface area contributed by atoms with Crippen LogP contribution >= 0.6 is 11.3 Å². The van der Waals surface area contributed by atoms with Gasteiger partial charge in [-0.15, -0.1) is 11.3 Å². The topological polar surface area (TPSA) is 65.9 Å². The Morgan fingerprint density at radius 3 is 2.76 bits per heavy atom. The van der Waals surface area contributed by atoms with Crippen molar-refractivity contribution < 1.29 is 9.84 Å². The largest absolute Gasteiger partial charge is 0.497 e. The van der Waals surface area contributed by atoms with Crippen LogP contribution in [-0.2, 0) is 12.1 Å². The normalized spacial score (nSPS) is 14.0. The van der Waals surface area contributed by atoms with E-state index in [1.54, 1.807) is 25.4 Å². The number of nitrogens with one attached hydrogen (secondary N) is 2. The van der Waals surface area contributed by atoms with Gasteiger partial charge in [-0.3, -0.25) is 0 Å². The highest BCUT2D eigenvalue weighted by molar-refractivity contribution is 7.10. The van der Waals surface area contributed by atoms with Gasteiger partial charge in [0.1, 0.15) is 11.4 Å². The number of rotatable bonds is 7. The third kappa shape index (κ3) is 5.76. The molecule has 25 heavy (non-hydrogen) atoms. The molecule has 0 fully saturated rings. The van der Waals surface area contributed by atoms with Gasteiger partial charge in [0.05, 0.1) is 20.2 Å². The number of aliphatic hydroxyl groups is 1. The Kier molecular flexibility index (Phi) is 6.84. The zero-order valence-electron chi connectivity index (χ0n) is 15.3. The smallest absolute Gasteiger partial charge is 0.191 e. The zero-order valence-corrected chi connectivity index (χ0v) is 16.1. The van der Waals surface area contributed by atoms with Crippen LogP contribution in [0.5, 0.6) is 5.75 Å². The summed E-state index contributed by atoms with van der Waals surface area (Å²) < 4.78 is 5.31. The zero-order chi connectivity index (χ0) is 18.3. The first-order valence-corrected chi connectivity index (χ1v) is 9.25. The predicted octanol–water partition coefficient (Wildman–Crippen LogP) is 3.03. The van der Waals surface area contributed by atoms with Crippen molar-refractivity contribution in [1.29, 1.82) is 0 Å². The molecule has 0 aliphatic heterocycles. The molecule has 0 saturated heterocycles. The summed E-state index contributed by atoms with van der Waals surface area (Å²) in [4.78, 5) is 5.55. The summed E-state index contributed by atoms with van der Waals surface area (Å²) in [5.41, 5.74) is 1.29. The molecule has 1 atom stereocenters. The molecule has 1 aromatic carbocycles. The first-order valence-electron chi connectivity index (χ1n) is 8.37. The quantitative estimate of drug-likeness (QED) is 0.524. The van der Waals surface area contributed by atoms with Gasteiger partial charge in [0, 0.05) is 11.4 Å². The van der Waals surface area contributed by atoms with Crippen LogP contribution in [0.2, 0.25) is 0 Å². The molecule has 2 rings (SSSR count). The van der Waals surface area contributed by atoms with E-state index in [2.05, 4.69) is 21.7 Å². The van der Waals surface area contributed by atoms with Crippen LogP contribution in [0.1, 0.15) is 29.9 Å². The Balaban J connectivity index is 2.04. The van der Waals surface area contributed by atoms with Crippen LogP contribution in [0.15, 0.2) is 40.7 Å². The first-order chi connectivity index (χ1) is 11.9. The fraction of sp³-hybridized carbons (Fsp3) is 0.421. The molecule has 0 spiro atoms. The molecule has 0 saturated carbocycles. The lowest BCUT2D eigenvalue weighted by Gasteiger charge is -2.23. The van der Waals surface area contributed by atoms with E-state index in [4.69, 9.17) is 4.74 Å². The lowest BCUT2D eigenvalue weighted by Crippen LogP contribution is -2.44. The van der Waals surface area contributed by atoms with Gasteiger partial charge in [0.25, 0.3) is 0 Å². The van der Waals surface area contributed by atoms with Crippen molar-refractivity contribution in [2.45, 2.75) is 32.9 Å². The van der Waals surface area contributed by atoms with E-state index >= 15 is 0 Å². The van der Waals surface area contributed by atoms with Crippen molar-refractivity contribution in [1.82, 2.24) is 10.6 Å². The number of guanidine groups is 1. The molecule has 5 nitrogen and oxygen atoms in total. The summed E-state index contributed by atoms with van der Waals surface area (Å²) in [5, 5.41) is 19.0. The number of aryl methyl sites for hydroxylation is 1. The summed E-state index contributed by atoms with van der Waals surface area (Å²) in [6.45, 7) is 7.54. The minimum atomic E-state index is -0.934. The Bertz CT molecular complexity index is 697. The summed E-state index contributed by atoms with van der Waals surface area (Å²) in [6, 6.07) is 9.96. The van der Waals surface area contributed by atoms with E-state index in [1.807, 2.05) is 43.5 Å². The number of nitrogens with zero attached hydrogens (tertiary/aromatic N) is 1. The molecule has 0 aliphatic carbocycles. The van der Waals surface area contributed by atoms with E-state index in [0.717, 1.165) is 28.3 Å². The summed E-state index contributed by atoms with van der Waals surface area (Å²) in [6.07, 6.45) is 0. The number of benzene rings is 1. The molecule has 0 amide bonds. The fourth-order valence-corrected chi connectivity index (χ4v) is 3.26. The molecule has 1 aromatic heterocycles. The Morgan fingerprint density at radius 2 is 2.12 bits per heavy atom. The molecule has 6 heteroatoms. The highest BCUT2D eigenvalue weighted by Crippen LogP contribution is 2.24. The number of ether oxygens (including phenoxy) is 1. The van der Waals surface area contributed by atoms with Gasteiger partial charge in [-0.1, -0.05) is 12.1 Å². The van der Waals surface area contributed by atoms with Crippen molar-refractivity contribution in [3.63, 3.8) is 0 Å². The molecule has 136 valence electrons. The van der Waals surface area contributed by atoms with Crippen LogP contribution in [-0.4, -0.2) is 31.3 Å². The van der Waals surface area contributed by atoms with Crippen molar-refractivity contribution in [2.75, 3.05) is 20.2 Å². The second-order valence-corrected chi connectivity index (χ2v) is 7.11. The molecule has 1 unspecified atom stereocenters. The van der Waals surface area contributed by atoms with Gasteiger partial charge in [-0.25, -0.2) is 4.99 Å². The first kappa shape index (κ1) is 19.3. The molecule has 0 radical (unpaired) electrons. The number of aliphatic imine (C=N–C) groups is 1. The maximum atomic E-state index is 10.6. The van der Waals surface area contributed by atoms with Gasteiger partial charge >= 0.3 is 0 Å². The average Bonchev–Trinajstić information content (AvgIpc) is 3.12. The minimum absolute atomic E-state index is 0.385. The summed E-state index contributed by atoms with van der Waals surface area (Å²) in [5.74, 6) is 1.52. The number of thiophene rings is 1. The Labute approximate surface area is 153 Å². The molecular weight excluding hydrogens is 334 g/mol.